The molecule has 3 N–H and O–H groups in total. The number of para-hydroxylation sites is 1. The van der Waals surface area contributed by atoms with Gasteiger partial charge >= 0.3 is 0 Å². The Kier molecular flexibility index (Phi) is 3.75. The lowest BCUT2D eigenvalue weighted by Crippen LogP contribution is -2.37. The van der Waals surface area contributed by atoms with Crippen LogP contribution >= 0.6 is 0 Å². The standard InChI is InChI=1S/C14H21N3O/c1-9(2)10(3)17-14(18)11-5-4-6-12-13(11)16-8-7-15-12/h4-6,9-10,15-16H,7-8H2,1-3H3,(H,17,18). The lowest BCUT2D eigenvalue weighted by molar-refractivity contribution is 0.0931. The minimum Gasteiger partial charge on any atom is -0.382 e. The number of amides is 1. The van der Waals surface area contributed by atoms with Crippen molar-refractivity contribution < 1.29 is 4.79 Å². The van der Waals surface area contributed by atoms with Crippen LogP contribution < -0.4 is 16.0 Å². The van der Waals surface area contributed by atoms with E-state index in [1.165, 1.54) is 0 Å². The molecule has 4 heteroatoms. The molecule has 1 aliphatic heterocycles. The summed E-state index contributed by atoms with van der Waals surface area (Å²) in [6, 6.07) is 5.93. The van der Waals surface area contributed by atoms with Crippen LogP contribution in [0.1, 0.15) is 31.1 Å². The van der Waals surface area contributed by atoms with Crippen molar-refractivity contribution in [3.8, 4) is 0 Å². The van der Waals surface area contributed by atoms with Crippen LogP contribution in [-0.4, -0.2) is 25.0 Å². The van der Waals surface area contributed by atoms with Gasteiger partial charge in [0.25, 0.3) is 5.91 Å². The Morgan fingerprint density at radius 2 is 1.94 bits per heavy atom. The Balaban J connectivity index is 2.20. The zero-order chi connectivity index (χ0) is 13.1. The molecule has 1 aromatic rings. The molecule has 1 atom stereocenters. The molecule has 18 heavy (non-hydrogen) atoms. The summed E-state index contributed by atoms with van der Waals surface area (Å²) >= 11 is 0. The molecule has 4 nitrogen and oxygen atoms in total. The van der Waals surface area contributed by atoms with Crippen LogP contribution in [0.4, 0.5) is 11.4 Å². The van der Waals surface area contributed by atoms with E-state index in [0.717, 1.165) is 24.5 Å². The fraction of sp³-hybridized carbons (Fsp3) is 0.500. The molecule has 2 rings (SSSR count). The van der Waals surface area contributed by atoms with E-state index >= 15 is 0 Å². The Morgan fingerprint density at radius 1 is 1.22 bits per heavy atom. The summed E-state index contributed by atoms with van der Waals surface area (Å²) < 4.78 is 0. The molecular formula is C14H21N3O. The maximum Gasteiger partial charge on any atom is 0.253 e. The van der Waals surface area contributed by atoms with Gasteiger partial charge in [0.05, 0.1) is 16.9 Å². The van der Waals surface area contributed by atoms with Gasteiger partial charge in [0.2, 0.25) is 0 Å². The molecule has 0 spiro atoms. The van der Waals surface area contributed by atoms with Gasteiger partial charge in [-0.1, -0.05) is 19.9 Å². The lowest BCUT2D eigenvalue weighted by atomic mass is 10.0. The van der Waals surface area contributed by atoms with Crippen molar-refractivity contribution in [2.24, 2.45) is 5.92 Å². The Bertz CT molecular complexity index is 443. The van der Waals surface area contributed by atoms with Crippen LogP contribution in [0.3, 0.4) is 0 Å². The molecule has 0 aromatic heterocycles. The molecule has 0 saturated carbocycles. The van der Waals surface area contributed by atoms with Gasteiger partial charge in [-0.15, -0.1) is 0 Å². The molecule has 0 aliphatic carbocycles. The Labute approximate surface area is 108 Å². The number of nitrogens with one attached hydrogen (secondary N) is 3. The molecule has 98 valence electrons. The third kappa shape index (κ3) is 2.58. The molecule has 1 unspecified atom stereocenters. The third-order valence-corrected chi connectivity index (χ3v) is 3.41. The summed E-state index contributed by atoms with van der Waals surface area (Å²) in [4.78, 5) is 12.3. The van der Waals surface area contributed by atoms with E-state index in [1.54, 1.807) is 0 Å². The van der Waals surface area contributed by atoms with Gasteiger partial charge in [-0.05, 0) is 25.0 Å². The summed E-state index contributed by atoms with van der Waals surface area (Å²) in [7, 11) is 0. The molecule has 0 radical (unpaired) electrons. The Hall–Kier alpha value is -1.71. The maximum absolute atomic E-state index is 12.3. The summed E-state index contributed by atoms with van der Waals surface area (Å²) in [5.41, 5.74) is 2.63. The van der Waals surface area contributed by atoms with E-state index < -0.39 is 0 Å². The van der Waals surface area contributed by atoms with E-state index in [9.17, 15) is 4.79 Å². The highest BCUT2D eigenvalue weighted by Crippen LogP contribution is 2.28. The highest BCUT2D eigenvalue weighted by molar-refractivity contribution is 6.02. The van der Waals surface area contributed by atoms with E-state index in [0.29, 0.717) is 11.5 Å². The highest BCUT2D eigenvalue weighted by Gasteiger charge is 2.19. The highest BCUT2D eigenvalue weighted by atomic mass is 16.1. The number of carbonyl (C=O) groups excluding carboxylic acids is 1. The summed E-state index contributed by atoms with van der Waals surface area (Å²) in [5.74, 6) is 0.420. The smallest absolute Gasteiger partial charge is 0.253 e. The van der Waals surface area contributed by atoms with Crippen molar-refractivity contribution in [1.29, 1.82) is 0 Å². The summed E-state index contributed by atoms with van der Waals surface area (Å²) in [5, 5.41) is 9.62. The second-order valence-electron chi connectivity index (χ2n) is 5.09. The molecular weight excluding hydrogens is 226 g/mol. The number of benzene rings is 1. The van der Waals surface area contributed by atoms with Crippen LogP contribution in [0.5, 0.6) is 0 Å². The zero-order valence-corrected chi connectivity index (χ0v) is 11.2. The second-order valence-corrected chi connectivity index (χ2v) is 5.09. The van der Waals surface area contributed by atoms with Gasteiger partial charge in [-0.2, -0.15) is 0 Å². The number of hydrogen-bond donors (Lipinski definition) is 3. The number of hydrogen-bond acceptors (Lipinski definition) is 3. The average Bonchev–Trinajstić information content (AvgIpc) is 2.37. The predicted octanol–water partition coefficient (Wildman–Crippen LogP) is 2.30. The SMILES string of the molecule is CC(C)C(C)NC(=O)c1cccc2c1NCCN2. The first-order chi connectivity index (χ1) is 8.59. The normalized spacial score (nSPS) is 15.3. The molecule has 1 amide bonds. The van der Waals surface area contributed by atoms with Crippen LogP contribution in [0.25, 0.3) is 0 Å². The first-order valence-corrected chi connectivity index (χ1v) is 6.51. The predicted molar refractivity (Wildman–Crippen MR) is 75.2 cm³/mol. The molecule has 1 heterocycles. The number of carbonyl (C=O) groups is 1. The van der Waals surface area contributed by atoms with E-state index in [1.807, 2.05) is 25.1 Å². The van der Waals surface area contributed by atoms with Crippen LogP contribution in [0, 0.1) is 5.92 Å². The van der Waals surface area contributed by atoms with Gasteiger partial charge in [0, 0.05) is 19.1 Å². The van der Waals surface area contributed by atoms with Crippen LogP contribution in [0.15, 0.2) is 18.2 Å². The first-order valence-electron chi connectivity index (χ1n) is 6.51. The van der Waals surface area contributed by atoms with E-state index in [-0.39, 0.29) is 11.9 Å². The third-order valence-electron chi connectivity index (χ3n) is 3.41. The van der Waals surface area contributed by atoms with E-state index in [2.05, 4.69) is 29.8 Å². The van der Waals surface area contributed by atoms with Gasteiger partial charge < -0.3 is 16.0 Å². The van der Waals surface area contributed by atoms with Gasteiger partial charge in [0.15, 0.2) is 0 Å². The van der Waals surface area contributed by atoms with Crippen molar-refractivity contribution in [3.63, 3.8) is 0 Å². The van der Waals surface area contributed by atoms with Crippen molar-refractivity contribution in [2.45, 2.75) is 26.8 Å². The molecule has 0 fully saturated rings. The summed E-state index contributed by atoms with van der Waals surface area (Å²) in [6.45, 7) is 7.97. The monoisotopic (exact) mass is 247 g/mol. The maximum atomic E-state index is 12.3. The van der Waals surface area contributed by atoms with Crippen LogP contribution in [-0.2, 0) is 0 Å². The lowest BCUT2D eigenvalue weighted by Gasteiger charge is -2.24. The van der Waals surface area contributed by atoms with Gasteiger partial charge in [0.1, 0.15) is 0 Å². The van der Waals surface area contributed by atoms with Gasteiger partial charge in [-0.25, -0.2) is 0 Å². The van der Waals surface area contributed by atoms with Crippen molar-refractivity contribution in [1.82, 2.24) is 5.32 Å². The molecule has 0 saturated heterocycles. The molecule has 1 aromatic carbocycles. The fourth-order valence-electron chi connectivity index (χ4n) is 1.92. The second kappa shape index (κ2) is 5.29. The minimum absolute atomic E-state index is 0.00995. The Morgan fingerprint density at radius 3 is 2.67 bits per heavy atom. The van der Waals surface area contributed by atoms with E-state index in [4.69, 9.17) is 0 Å². The van der Waals surface area contributed by atoms with Gasteiger partial charge in [-0.3, -0.25) is 4.79 Å². The summed E-state index contributed by atoms with van der Waals surface area (Å²) in [6.07, 6.45) is 0. The number of anilines is 2. The molecule has 0 bridgehead atoms. The number of fused-ring (bicyclic) bond motifs is 1. The topological polar surface area (TPSA) is 53.2 Å². The van der Waals surface area contributed by atoms with Crippen LogP contribution in [0.2, 0.25) is 0 Å². The first kappa shape index (κ1) is 12.7. The zero-order valence-electron chi connectivity index (χ0n) is 11.2. The quantitative estimate of drug-likeness (QED) is 0.768. The van der Waals surface area contributed by atoms with Crippen molar-refractivity contribution in [2.75, 3.05) is 23.7 Å². The number of rotatable bonds is 3. The fourth-order valence-corrected chi connectivity index (χ4v) is 1.92. The largest absolute Gasteiger partial charge is 0.382 e. The van der Waals surface area contributed by atoms with Crippen molar-refractivity contribution >= 4 is 17.3 Å². The van der Waals surface area contributed by atoms with Crippen molar-refractivity contribution in [3.05, 3.63) is 23.8 Å². The molecule has 1 aliphatic rings. The minimum atomic E-state index is -0.00995. The average molecular weight is 247 g/mol.